The number of hydrogen-bond acceptors (Lipinski definition) is 2. The van der Waals surface area contributed by atoms with Crippen LogP contribution in [0, 0.1) is 5.41 Å². The lowest BCUT2D eigenvalue weighted by atomic mass is 9.97. The summed E-state index contributed by atoms with van der Waals surface area (Å²) in [5.41, 5.74) is -0.306. The lowest BCUT2D eigenvalue weighted by Gasteiger charge is -2.16. The lowest BCUT2D eigenvalue weighted by molar-refractivity contribution is 0.0857. The van der Waals surface area contributed by atoms with E-state index in [0.29, 0.717) is 0 Å². The van der Waals surface area contributed by atoms with Gasteiger partial charge in [0, 0.05) is 11.3 Å². The lowest BCUT2D eigenvalue weighted by Crippen LogP contribution is -2.20. The largest absolute Gasteiger partial charge is 0.396 e. The highest BCUT2D eigenvalue weighted by Gasteiger charge is 2.13. The molecule has 0 aliphatic carbocycles. The van der Waals surface area contributed by atoms with Crippen molar-refractivity contribution in [2.75, 3.05) is 19.1 Å². The number of alkyl halides is 1. The van der Waals surface area contributed by atoms with Crippen molar-refractivity contribution in [1.82, 2.24) is 0 Å². The van der Waals surface area contributed by atoms with Crippen molar-refractivity contribution < 1.29 is 10.2 Å². The predicted molar refractivity (Wildman–Crippen MR) is 69.3 cm³/mol. The molecule has 0 saturated carbocycles. The van der Waals surface area contributed by atoms with E-state index >= 15 is 0 Å². The Hall–Kier alpha value is 0.640. The molecule has 0 aliphatic rings. The molecule has 0 rings (SSSR count). The molecule has 0 bridgehead atoms. The molecule has 4 heteroatoms. The molecule has 0 saturated heterocycles. The molecule has 90 valence electrons. The first-order valence-electron chi connectivity index (χ1n) is 4.81. The van der Waals surface area contributed by atoms with Crippen LogP contribution in [0.5, 0.6) is 0 Å². The van der Waals surface area contributed by atoms with Gasteiger partial charge in [0.2, 0.25) is 0 Å². The van der Waals surface area contributed by atoms with Crippen LogP contribution in [0.15, 0.2) is 0 Å². The van der Waals surface area contributed by atoms with Gasteiger partial charge in [0.25, 0.3) is 0 Å². The van der Waals surface area contributed by atoms with Crippen LogP contribution < -0.4 is 0 Å². The zero-order valence-corrected chi connectivity index (χ0v) is 11.9. The number of unbranched alkanes of at least 4 members (excludes halogenated alkanes) is 2. The second-order valence-corrected chi connectivity index (χ2v) is 4.25. The smallest absolute Gasteiger partial charge is 0.0504 e. The Bertz CT molecular complexity index is 90.1. The van der Waals surface area contributed by atoms with E-state index in [-0.39, 0.29) is 28.5 Å². The molecule has 0 spiro atoms. The van der Waals surface area contributed by atoms with E-state index < -0.39 is 0 Å². The molecule has 0 aromatic heterocycles. The van der Waals surface area contributed by atoms with Gasteiger partial charge in [0.1, 0.15) is 0 Å². The van der Waals surface area contributed by atoms with Gasteiger partial charge in [-0.25, -0.2) is 0 Å². The minimum absolute atomic E-state index is 0. The van der Waals surface area contributed by atoms with Gasteiger partial charge in [-0.15, -0.1) is 11.6 Å². The van der Waals surface area contributed by atoms with E-state index in [4.69, 9.17) is 21.8 Å². The van der Waals surface area contributed by atoms with E-state index in [0.717, 1.165) is 5.88 Å². The fraction of sp³-hybridized carbons (Fsp3) is 1.00. The van der Waals surface area contributed by atoms with Crippen LogP contribution in [-0.4, -0.2) is 29.3 Å². The van der Waals surface area contributed by atoms with Gasteiger partial charge in [-0.1, -0.05) is 33.6 Å². The Labute approximate surface area is 96.7 Å². The molecule has 2 N–H and O–H groups in total. The van der Waals surface area contributed by atoms with Crippen molar-refractivity contribution in [3.05, 3.63) is 0 Å². The SMILES string of the molecule is CC(C)(CO)CO.CCCCCCl.P. The van der Waals surface area contributed by atoms with Crippen LogP contribution in [0.4, 0.5) is 0 Å². The summed E-state index contributed by atoms with van der Waals surface area (Å²) in [4.78, 5) is 0. The summed E-state index contributed by atoms with van der Waals surface area (Å²) in [5.74, 6) is 0.827. The molecule has 0 aliphatic heterocycles. The van der Waals surface area contributed by atoms with Crippen molar-refractivity contribution in [3.8, 4) is 0 Å². The molecule has 14 heavy (non-hydrogen) atoms. The van der Waals surface area contributed by atoms with Crippen molar-refractivity contribution in [3.63, 3.8) is 0 Å². The number of halogens is 1. The summed E-state index contributed by atoms with van der Waals surface area (Å²) in [6.07, 6.45) is 3.73. The van der Waals surface area contributed by atoms with Crippen molar-refractivity contribution >= 4 is 21.5 Å². The first kappa shape index (κ1) is 20.1. The highest BCUT2D eigenvalue weighted by atomic mass is 35.5. The third kappa shape index (κ3) is 18.4. The summed E-state index contributed by atoms with van der Waals surface area (Å²) < 4.78 is 0. The zero-order valence-electron chi connectivity index (χ0n) is 9.72. The monoisotopic (exact) mass is 244 g/mol. The molecule has 1 unspecified atom stereocenters. The Balaban J connectivity index is -0.000000163. The van der Waals surface area contributed by atoms with E-state index in [9.17, 15) is 0 Å². The summed E-state index contributed by atoms with van der Waals surface area (Å²) >= 11 is 5.38. The number of aliphatic hydroxyl groups is 2. The molecular formula is C10H26ClO2P. The fourth-order valence-corrected chi connectivity index (χ4v) is 0.583. The highest BCUT2D eigenvalue weighted by Crippen LogP contribution is 2.10. The number of hydrogen-bond donors (Lipinski definition) is 2. The fourth-order valence-electron chi connectivity index (χ4n) is 0.394. The molecule has 0 radical (unpaired) electrons. The normalized spacial score (nSPS) is 9.86. The Morgan fingerprint density at radius 1 is 1.07 bits per heavy atom. The molecule has 0 aromatic carbocycles. The second-order valence-electron chi connectivity index (χ2n) is 3.88. The first-order valence-corrected chi connectivity index (χ1v) is 5.35. The summed E-state index contributed by atoms with van der Waals surface area (Å²) in [6, 6.07) is 0. The van der Waals surface area contributed by atoms with Crippen LogP contribution in [0.1, 0.15) is 40.0 Å². The molecule has 0 fully saturated rings. The molecular weight excluding hydrogens is 219 g/mol. The molecule has 0 amide bonds. The number of aliphatic hydroxyl groups excluding tert-OH is 2. The van der Waals surface area contributed by atoms with Gasteiger partial charge in [-0.05, 0) is 6.42 Å². The van der Waals surface area contributed by atoms with Gasteiger partial charge in [-0.3, -0.25) is 0 Å². The Kier molecular flexibility index (Phi) is 19.6. The van der Waals surface area contributed by atoms with Crippen molar-refractivity contribution in [2.24, 2.45) is 5.41 Å². The third-order valence-electron chi connectivity index (χ3n) is 1.59. The summed E-state index contributed by atoms with van der Waals surface area (Å²) in [5, 5.41) is 16.9. The van der Waals surface area contributed by atoms with Gasteiger partial charge in [-0.2, -0.15) is 9.90 Å². The van der Waals surface area contributed by atoms with E-state index in [1.54, 1.807) is 13.8 Å². The summed E-state index contributed by atoms with van der Waals surface area (Å²) in [7, 11) is 0. The third-order valence-corrected chi connectivity index (χ3v) is 1.86. The van der Waals surface area contributed by atoms with Gasteiger partial charge in [0.05, 0.1) is 13.2 Å². The van der Waals surface area contributed by atoms with Crippen LogP contribution in [0.2, 0.25) is 0 Å². The molecule has 0 aromatic rings. The topological polar surface area (TPSA) is 40.5 Å². The van der Waals surface area contributed by atoms with Crippen LogP contribution >= 0.6 is 21.5 Å². The standard InChI is InChI=1S/C5H11Cl.C5H12O2.H3P/c1-2-3-4-5-6;1-5(2,3-6)4-7;/h2-5H2,1H3;6-7H,3-4H2,1-2H3;1H3. The van der Waals surface area contributed by atoms with Gasteiger partial charge < -0.3 is 10.2 Å². The van der Waals surface area contributed by atoms with E-state index in [1.165, 1.54) is 19.3 Å². The Morgan fingerprint density at radius 2 is 1.50 bits per heavy atom. The quantitative estimate of drug-likeness (QED) is 0.443. The maximum Gasteiger partial charge on any atom is 0.0504 e. The molecule has 2 nitrogen and oxygen atoms in total. The van der Waals surface area contributed by atoms with Gasteiger partial charge >= 0.3 is 0 Å². The van der Waals surface area contributed by atoms with E-state index in [1.807, 2.05) is 0 Å². The Morgan fingerprint density at radius 3 is 1.57 bits per heavy atom. The van der Waals surface area contributed by atoms with Crippen LogP contribution in [0.25, 0.3) is 0 Å². The second kappa shape index (κ2) is 13.6. The first-order chi connectivity index (χ1) is 6.04. The molecule has 0 heterocycles. The van der Waals surface area contributed by atoms with Crippen molar-refractivity contribution in [2.45, 2.75) is 40.0 Å². The average Bonchev–Trinajstić information content (AvgIpc) is 2.16. The van der Waals surface area contributed by atoms with Crippen molar-refractivity contribution in [1.29, 1.82) is 0 Å². The molecule has 1 atom stereocenters. The van der Waals surface area contributed by atoms with E-state index in [2.05, 4.69) is 6.92 Å². The minimum atomic E-state index is -0.306. The van der Waals surface area contributed by atoms with Gasteiger partial charge in [0.15, 0.2) is 0 Å². The maximum atomic E-state index is 8.43. The predicted octanol–water partition coefficient (Wildman–Crippen LogP) is 2.47. The highest BCUT2D eigenvalue weighted by molar-refractivity contribution is 6.92. The van der Waals surface area contributed by atoms with Crippen LogP contribution in [0.3, 0.4) is 0 Å². The minimum Gasteiger partial charge on any atom is -0.396 e. The van der Waals surface area contributed by atoms with Crippen LogP contribution in [-0.2, 0) is 0 Å². The zero-order chi connectivity index (χ0) is 10.7. The summed E-state index contributed by atoms with van der Waals surface area (Å²) in [6.45, 7) is 5.86. The maximum absolute atomic E-state index is 8.43. The number of rotatable bonds is 5. The average molecular weight is 245 g/mol.